The molecule has 2 heterocycles. The third kappa shape index (κ3) is 4.38. The van der Waals surface area contributed by atoms with E-state index in [1.165, 1.54) is 12.1 Å². The Kier molecular flexibility index (Phi) is 6.52. The summed E-state index contributed by atoms with van der Waals surface area (Å²) in [5.74, 6) is 0.619. The Balaban J connectivity index is 1.56. The lowest BCUT2D eigenvalue weighted by Crippen LogP contribution is -2.31. The van der Waals surface area contributed by atoms with Crippen molar-refractivity contribution in [3.63, 3.8) is 0 Å². The SMILES string of the molecule is COc1ccc(CCN2C(=O)c3[nH]nc(-c4cc(Cl)c(C)cc4O)c3[C@@H]2c2ccc(F)cc2)cc1OC. The van der Waals surface area contributed by atoms with Gasteiger partial charge in [-0.05, 0) is 66.4 Å². The second kappa shape index (κ2) is 9.78. The van der Waals surface area contributed by atoms with Crippen LogP contribution in [0, 0.1) is 12.7 Å². The fourth-order valence-corrected chi connectivity index (χ4v) is 4.93. The molecule has 0 bridgehead atoms. The number of rotatable bonds is 7. The monoisotopic (exact) mass is 521 g/mol. The molecule has 0 saturated carbocycles. The molecular weight excluding hydrogens is 497 g/mol. The van der Waals surface area contributed by atoms with E-state index in [1.807, 2.05) is 18.2 Å². The van der Waals surface area contributed by atoms with E-state index in [0.29, 0.717) is 52.0 Å². The van der Waals surface area contributed by atoms with Crippen LogP contribution in [0.1, 0.15) is 38.8 Å². The van der Waals surface area contributed by atoms with Gasteiger partial charge < -0.3 is 19.5 Å². The minimum absolute atomic E-state index is 0.00489. The number of methoxy groups -OCH3 is 2. The van der Waals surface area contributed by atoms with Crippen molar-refractivity contribution in [2.75, 3.05) is 20.8 Å². The largest absolute Gasteiger partial charge is 0.507 e. The first-order valence-electron chi connectivity index (χ1n) is 11.7. The minimum atomic E-state index is -0.545. The Hall–Kier alpha value is -4.04. The number of aromatic amines is 1. The molecule has 3 aromatic carbocycles. The van der Waals surface area contributed by atoms with Crippen LogP contribution >= 0.6 is 11.6 Å². The molecule has 1 amide bonds. The molecule has 0 saturated heterocycles. The van der Waals surface area contributed by atoms with E-state index in [0.717, 1.165) is 16.7 Å². The van der Waals surface area contributed by atoms with Crippen molar-refractivity contribution in [2.45, 2.75) is 19.4 Å². The molecule has 37 heavy (non-hydrogen) atoms. The lowest BCUT2D eigenvalue weighted by molar-refractivity contribution is 0.0746. The summed E-state index contributed by atoms with van der Waals surface area (Å²) >= 11 is 6.36. The number of nitrogens with one attached hydrogen (secondary N) is 1. The Bertz CT molecular complexity index is 1490. The minimum Gasteiger partial charge on any atom is -0.507 e. The Labute approximate surface area is 218 Å². The molecule has 190 valence electrons. The third-order valence-electron chi connectivity index (χ3n) is 6.67. The number of phenolic OH excluding ortho intramolecular Hbond substituents is 1. The quantitative estimate of drug-likeness (QED) is 0.326. The Morgan fingerprint density at radius 2 is 1.81 bits per heavy atom. The van der Waals surface area contributed by atoms with Crippen LogP contribution in [0.4, 0.5) is 4.39 Å². The number of amides is 1. The molecule has 1 atom stereocenters. The Morgan fingerprint density at radius 1 is 1.08 bits per heavy atom. The van der Waals surface area contributed by atoms with Crippen molar-refractivity contribution in [2.24, 2.45) is 0 Å². The summed E-state index contributed by atoms with van der Waals surface area (Å²) in [6.45, 7) is 2.17. The van der Waals surface area contributed by atoms with E-state index < -0.39 is 6.04 Å². The van der Waals surface area contributed by atoms with Gasteiger partial charge in [-0.15, -0.1) is 0 Å². The molecule has 7 nitrogen and oxygen atoms in total. The number of H-pyrrole nitrogens is 1. The number of carbonyl (C=O) groups is 1. The summed E-state index contributed by atoms with van der Waals surface area (Å²) < 4.78 is 24.5. The summed E-state index contributed by atoms with van der Waals surface area (Å²) in [5, 5.41) is 18.4. The molecule has 1 aliphatic rings. The number of phenols is 1. The van der Waals surface area contributed by atoms with Gasteiger partial charge in [-0.2, -0.15) is 5.10 Å². The van der Waals surface area contributed by atoms with Crippen molar-refractivity contribution in [3.05, 3.63) is 93.4 Å². The van der Waals surface area contributed by atoms with Crippen LogP contribution in [0.25, 0.3) is 11.3 Å². The number of hydrogen-bond donors (Lipinski definition) is 2. The van der Waals surface area contributed by atoms with E-state index in [4.69, 9.17) is 21.1 Å². The predicted octanol–water partition coefficient (Wildman–Crippen LogP) is 5.69. The molecule has 5 rings (SSSR count). The molecule has 0 unspecified atom stereocenters. The fraction of sp³-hybridized carbons (Fsp3) is 0.214. The summed E-state index contributed by atoms with van der Waals surface area (Å²) in [4.78, 5) is 15.3. The smallest absolute Gasteiger partial charge is 0.273 e. The zero-order valence-corrected chi connectivity index (χ0v) is 21.3. The van der Waals surface area contributed by atoms with Gasteiger partial charge in [-0.25, -0.2) is 4.39 Å². The van der Waals surface area contributed by atoms with Gasteiger partial charge in [0.25, 0.3) is 5.91 Å². The molecule has 0 aliphatic carbocycles. The van der Waals surface area contributed by atoms with Crippen LogP contribution in [0.15, 0.2) is 54.6 Å². The average molecular weight is 522 g/mol. The number of carbonyl (C=O) groups excluding carboxylic acids is 1. The maximum absolute atomic E-state index is 13.8. The number of halogens is 2. The van der Waals surface area contributed by atoms with Gasteiger partial charge in [-0.3, -0.25) is 9.89 Å². The third-order valence-corrected chi connectivity index (χ3v) is 7.08. The van der Waals surface area contributed by atoms with Gasteiger partial charge in [0.05, 0.1) is 20.3 Å². The maximum Gasteiger partial charge on any atom is 0.273 e. The number of hydrogen-bond acceptors (Lipinski definition) is 5. The van der Waals surface area contributed by atoms with E-state index >= 15 is 0 Å². The van der Waals surface area contributed by atoms with Gasteiger partial charge in [0.2, 0.25) is 0 Å². The highest BCUT2D eigenvalue weighted by molar-refractivity contribution is 6.31. The van der Waals surface area contributed by atoms with Crippen LogP contribution in [-0.4, -0.2) is 46.9 Å². The van der Waals surface area contributed by atoms with E-state index in [1.54, 1.807) is 50.3 Å². The molecule has 9 heteroatoms. The Morgan fingerprint density at radius 3 is 2.51 bits per heavy atom. The molecule has 4 aromatic rings. The highest BCUT2D eigenvalue weighted by Gasteiger charge is 2.42. The van der Waals surface area contributed by atoms with Crippen molar-refractivity contribution >= 4 is 17.5 Å². The zero-order chi connectivity index (χ0) is 26.3. The van der Waals surface area contributed by atoms with Crippen LogP contribution < -0.4 is 9.47 Å². The highest BCUT2D eigenvalue weighted by Crippen LogP contribution is 2.45. The number of ether oxygens (including phenoxy) is 2. The van der Waals surface area contributed by atoms with Gasteiger partial charge >= 0.3 is 0 Å². The number of fused-ring (bicyclic) bond motifs is 1. The number of aromatic nitrogens is 2. The number of benzene rings is 3. The van der Waals surface area contributed by atoms with Gasteiger partial charge in [0.15, 0.2) is 11.5 Å². The van der Waals surface area contributed by atoms with Crippen molar-refractivity contribution in [3.8, 4) is 28.5 Å². The van der Waals surface area contributed by atoms with E-state index in [9.17, 15) is 14.3 Å². The van der Waals surface area contributed by atoms with E-state index in [-0.39, 0.29) is 17.5 Å². The summed E-state index contributed by atoms with van der Waals surface area (Å²) in [6, 6.07) is 14.3. The summed E-state index contributed by atoms with van der Waals surface area (Å²) in [5.41, 5.74) is 4.17. The summed E-state index contributed by atoms with van der Waals surface area (Å²) in [7, 11) is 3.15. The van der Waals surface area contributed by atoms with Crippen LogP contribution in [0.5, 0.6) is 17.2 Å². The standard InChI is InChI=1S/C28H25ClFN3O4/c1-15-12-21(34)19(14-20(15)29)25-24-26(32-31-25)28(35)33(27(24)17-5-7-18(30)8-6-17)11-10-16-4-9-22(36-2)23(13-16)37-3/h4-9,12-14,27,34H,10-11H2,1-3H3,(H,31,32)/t27-/m0/s1. The average Bonchev–Trinajstić information content (AvgIpc) is 3.44. The number of aromatic hydroxyl groups is 1. The predicted molar refractivity (Wildman–Crippen MR) is 138 cm³/mol. The van der Waals surface area contributed by atoms with Crippen LogP contribution in [0.2, 0.25) is 5.02 Å². The number of nitrogens with zero attached hydrogens (tertiary/aromatic N) is 2. The molecule has 1 aliphatic heterocycles. The summed E-state index contributed by atoms with van der Waals surface area (Å²) in [6.07, 6.45) is 0.540. The first-order chi connectivity index (χ1) is 17.8. The lowest BCUT2D eigenvalue weighted by Gasteiger charge is -2.26. The van der Waals surface area contributed by atoms with Crippen molar-refractivity contribution < 1.29 is 23.8 Å². The lowest BCUT2D eigenvalue weighted by atomic mass is 9.95. The molecule has 1 aromatic heterocycles. The van der Waals surface area contributed by atoms with Crippen molar-refractivity contribution in [1.82, 2.24) is 15.1 Å². The number of aryl methyl sites for hydroxylation is 1. The molecular formula is C28H25ClFN3O4. The molecule has 2 N–H and O–H groups in total. The second-order valence-electron chi connectivity index (χ2n) is 8.87. The highest BCUT2D eigenvalue weighted by atomic mass is 35.5. The molecule has 0 spiro atoms. The topological polar surface area (TPSA) is 87.7 Å². The van der Waals surface area contributed by atoms with Gasteiger partial charge in [0.1, 0.15) is 23.0 Å². The second-order valence-corrected chi connectivity index (χ2v) is 9.28. The van der Waals surface area contributed by atoms with Gasteiger partial charge in [0, 0.05) is 22.7 Å². The van der Waals surface area contributed by atoms with Crippen LogP contribution in [-0.2, 0) is 6.42 Å². The fourth-order valence-electron chi connectivity index (χ4n) is 4.77. The molecule has 0 radical (unpaired) electrons. The van der Waals surface area contributed by atoms with E-state index in [2.05, 4.69) is 10.2 Å². The van der Waals surface area contributed by atoms with Crippen molar-refractivity contribution in [1.29, 1.82) is 0 Å². The van der Waals surface area contributed by atoms with Crippen LogP contribution in [0.3, 0.4) is 0 Å². The normalized spacial score (nSPS) is 14.7. The maximum atomic E-state index is 13.8. The first kappa shape index (κ1) is 24.6. The first-order valence-corrected chi connectivity index (χ1v) is 12.0. The van der Waals surface area contributed by atoms with Gasteiger partial charge in [-0.1, -0.05) is 29.8 Å². The molecule has 0 fully saturated rings. The zero-order valence-electron chi connectivity index (χ0n) is 20.5.